The zero-order valence-electron chi connectivity index (χ0n) is 9.08. The van der Waals surface area contributed by atoms with Crippen LogP contribution in [0.3, 0.4) is 0 Å². The first-order chi connectivity index (χ1) is 7.65. The highest BCUT2D eigenvalue weighted by Crippen LogP contribution is 2.40. The van der Waals surface area contributed by atoms with E-state index in [1.54, 1.807) is 0 Å². The van der Waals surface area contributed by atoms with Crippen molar-refractivity contribution in [3.05, 3.63) is 34.3 Å². The second-order valence-corrected chi connectivity index (χ2v) is 5.37. The van der Waals surface area contributed by atoms with Gasteiger partial charge in [-0.05, 0) is 30.5 Å². The molecule has 1 saturated carbocycles. The summed E-state index contributed by atoms with van der Waals surface area (Å²) in [6.07, 6.45) is 4.71. The van der Waals surface area contributed by atoms with Gasteiger partial charge in [0.25, 0.3) is 0 Å². The summed E-state index contributed by atoms with van der Waals surface area (Å²) in [4.78, 5) is 11.6. The minimum absolute atomic E-state index is 0.651. The van der Waals surface area contributed by atoms with E-state index in [4.69, 9.17) is 0 Å². The summed E-state index contributed by atoms with van der Waals surface area (Å²) >= 11 is 3.41. The molecule has 2 rings (SSSR count). The molecule has 0 amide bonds. The summed E-state index contributed by atoms with van der Waals surface area (Å²) < 4.78 is 0.955. The van der Waals surface area contributed by atoms with Crippen LogP contribution in [-0.2, 0) is 10.2 Å². The molecule has 0 heterocycles. The lowest BCUT2D eigenvalue weighted by Gasteiger charge is -2.33. The van der Waals surface area contributed by atoms with Gasteiger partial charge in [-0.1, -0.05) is 47.3 Å². The molecule has 0 aromatic heterocycles. The molecule has 1 aromatic rings. The van der Waals surface area contributed by atoms with Gasteiger partial charge >= 0.3 is 5.97 Å². The molecule has 16 heavy (non-hydrogen) atoms. The van der Waals surface area contributed by atoms with E-state index in [-0.39, 0.29) is 0 Å². The quantitative estimate of drug-likeness (QED) is 0.897. The van der Waals surface area contributed by atoms with Crippen LogP contribution in [0.15, 0.2) is 28.7 Å². The van der Waals surface area contributed by atoms with Crippen molar-refractivity contribution in [2.24, 2.45) is 0 Å². The molecule has 0 bridgehead atoms. The Bertz CT molecular complexity index is 395. The minimum atomic E-state index is -0.676. The lowest BCUT2D eigenvalue weighted by molar-refractivity contribution is -0.145. The largest absolute Gasteiger partial charge is 0.481 e. The lowest BCUT2D eigenvalue weighted by atomic mass is 9.69. The summed E-state index contributed by atoms with van der Waals surface area (Å²) in [5.41, 5.74) is 0.288. The number of carboxylic acids is 1. The van der Waals surface area contributed by atoms with Crippen LogP contribution in [0.2, 0.25) is 0 Å². The van der Waals surface area contributed by atoms with Gasteiger partial charge in [0.2, 0.25) is 0 Å². The van der Waals surface area contributed by atoms with Gasteiger partial charge in [0.15, 0.2) is 0 Å². The van der Waals surface area contributed by atoms with Crippen LogP contribution in [0.4, 0.5) is 0 Å². The Labute approximate surface area is 104 Å². The smallest absolute Gasteiger partial charge is 0.314 e. The van der Waals surface area contributed by atoms with Crippen molar-refractivity contribution in [3.63, 3.8) is 0 Å². The van der Waals surface area contributed by atoms with E-state index in [0.717, 1.165) is 42.1 Å². The van der Waals surface area contributed by atoms with Crippen molar-refractivity contribution in [3.8, 4) is 0 Å². The molecule has 86 valence electrons. The number of carbonyl (C=O) groups is 1. The second-order valence-electron chi connectivity index (χ2n) is 4.46. The number of carboxylic acid groups (broad SMARTS) is 1. The third-order valence-electron chi connectivity index (χ3n) is 3.49. The first-order valence-corrected chi connectivity index (χ1v) is 6.44. The molecule has 1 aliphatic rings. The van der Waals surface area contributed by atoms with Gasteiger partial charge in [0.1, 0.15) is 0 Å². The molecule has 0 radical (unpaired) electrons. The van der Waals surface area contributed by atoms with E-state index in [9.17, 15) is 9.90 Å². The van der Waals surface area contributed by atoms with Crippen LogP contribution in [0.25, 0.3) is 0 Å². The standard InChI is InChI=1S/C13H15BrO2/c14-11-6-4-5-10(9-11)13(12(15)16)7-2-1-3-8-13/h4-6,9H,1-3,7-8H2,(H,15,16). The molecule has 0 spiro atoms. The number of hydrogen-bond donors (Lipinski definition) is 1. The summed E-state index contributed by atoms with van der Waals surface area (Å²) in [5.74, 6) is -0.676. The summed E-state index contributed by atoms with van der Waals surface area (Å²) in [6.45, 7) is 0. The fourth-order valence-electron chi connectivity index (χ4n) is 2.57. The normalized spacial score (nSPS) is 19.3. The molecule has 3 heteroatoms. The van der Waals surface area contributed by atoms with Crippen molar-refractivity contribution in [2.45, 2.75) is 37.5 Å². The summed E-state index contributed by atoms with van der Waals surface area (Å²) in [7, 11) is 0. The topological polar surface area (TPSA) is 37.3 Å². The fourth-order valence-corrected chi connectivity index (χ4v) is 2.97. The molecule has 0 unspecified atom stereocenters. The van der Waals surface area contributed by atoms with Gasteiger partial charge in [0, 0.05) is 4.47 Å². The molecule has 2 nitrogen and oxygen atoms in total. The maximum atomic E-state index is 11.6. The number of rotatable bonds is 2. The van der Waals surface area contributed by atoms with Crippen LogP contribution in [0, 0.1) is 0 Å². The average Bonchev–Trinajstić information content (AvgIpc) is 2.30. The van der Waals surface area contributed by atoms with Crippen molar-refractivity contribution >= 4 is 21.9 Å². The van der Waals surface area contributed by atoms with E-state index in [0.29, 0.717) is 0 Å². The Balaban J connectivity index is 2.42. The zero-order valence-corrected chi connectivity index (χ0v) is 10.7. The lowest BCUT2D eigenvalue weighted by Crippen LogP contribution is -2.37. The Morgan fingerprint density at radius 2 is 1.94 bits per heavy atom. The highest BCUT2D eigenvalue weighted by molar-refractivity contribution is 9.10. The highest BCUT2D eigenvalue weighted by atomic mass is 79.9. The summed E-state index contributed by atoms with van der Waals surface area (Å²) in [6, 6.07) is 7.73. The first-order valence-electron chi connectivity index (χ1n) is 5.65. The predicted octanol–water partition coefficient (Wildman–Crippen LogP) is 3.74. The molecular formula is C13H15BrO2. The molecule has 0 aliphatic heterocycles. The molecular weight excluding hydrogens is 268 g/mol. The predicted molar refractivity (Wildman–Crippen MR) is 66.5 cm³/mol. The number of halogens is 1. The SMILES string of the molecule is O=C(O)C1(c2cccc(Br)c2)CCCCC1. The van der Waals surface area contributed by atoms with Crippen LogP contribution < -0.4 is 0 Å². The molecule has 1 fully saturated rings. The van der Waals surface area contributed by atoms with E-state index < -0.39 is 11.4 Å². The van der Waals surface area contributed by atoms with Gasteiger partial charge in [-0.3, -0.25) is 4.79 Å². The van der Waals surface area contributed by atoms with Crippen molar-refractivity contribution in [1.82, 2.24) is 0 Å². The molecule has 0 saturated heterocycles. The van der Waals surface area contributed by atoms with E-state index in [2.05, 4.69) is 15.9 Å². The van der Waals surface area contributed by atoms with Crippen molar-refractivity contribution in [2.75, 3.05) is 0 Å². The van der Waals surface area contributed by atoms with Crippen molar-refractivity contribution < 1.29 is 9.90 Å². The van der Waals surface area contributed by atoms with Crippen LogP contribution in [0.1, 0.15) is 37.7 Å². The Morgan fingerprint density at radius 3 is 2.50 bits per heavy atom. The van der Waals surface area contributed by atoms with Crippen LogP contribution >= 0.6 is 15.9 Å². The summed E-state index contributed by atoms with van der Waals surface area (Å²) in [5, 5.41) is 9.52. The van der Waals surface area contributed by atoms with Gasteiger partial charge in [-0.2, -0.15) is 0 Å². The Kier molecular flexibility index (Phi) is 3.33. The number of hydrogen-bond acceptors (Lipinski definition) is 1. The minimum Gasteiger partial charge on any atom is -0.481 e. The van der Waals surface area contributed by atoms with E-state index in [1.165, 1.54) is 0 Å². The van der Waals surface area contributed by atoms with Gasteiger partial charge < -0.3 is 5.11 Å². The van der Waals surface area contributed by atoms with Gasteiger partial charge in [-0.25, -0.2) is 0 Å². The second kappa shape index (κ2) is 4.58. The third kappa shape index (κ3) is 2.01. The highest BCUT2D eigenvalue weighted by Gasteiger charge is 2.41. The molecule has 0 atom stereocenters. The number of aliphatic carboxylic acids is 1. The van der Waals surface area contributed by atoms with Crippen LogP contribution in [-0.4, -0.2) is 11.1 Å². The average molecular weight is 283 g/mol. The maximum Gasteiger partial charge on any atom is 0.314 e. The third-order valence-corrected chi connectivity index (χ3v) is 3.99. The molecule has 1 aromatic carbocycles. The maximum absolute atomic E-state index is 11.6. The van der Waals surface area contributed by atoms with E-state index >= 15 is 0 Å². The monoisotopic (exact) mass is 282 g/mol. The van der Waals surface area contributed by atoms with E-state index in [1.807, 2.05) is 24.3 Å². The van der Waals surface area contributed by atoms with Gasteiger partial charge in [-0.15, -0.1) is 0 Å². The zero-order chi connectivity index (χ0) is 11.6. The number of benzene rings is 1. The Hall–Kier alpha value is -0.830. The Morgan fingerprint density at radius 1 is 1.25 bits per heavy atom. The first kappa shape index (κ1) is 11.6. The van der Waals surface area contributed by atoms with Crippen molar-refractivity contribution in [1.29, 1.82) is 0 Å². The fraction of sp³-hybridized carbons (Fsp3) is 0.462. The molecule has 1 aliphatic carbocycles. The molecule has 1 N–H and O–H groups in total. The van der Waals surface area contributed by atoms with Gasteiger partial charge in [0.05, 0.1) is 5.41 Å². The van der Waals surface area contributed by atoms with Crippen LogP contribution in [0.5, 0.6) is 0 Å².